The smallest absolute Gasteiger partial charge is 0.200 e. The van der Waals surface area contributed by atoms with Crippen LogP contribution in [0.4, 0.5) is 0 Å². The first-order valence-electron chi connectivity index (χ1n) is 10.2. The molecule has 2 fully saturated rings. The quantitative estimate of drug-likeness (QED) is 0.606. The minimum atomic E-state index is -1.27. The molecular weight excluding hydrogens is 382 g/mol. The molecule has 5 nitrogen and oxygen atoms in total. The van der Waals surface area contributed by atoms with Crippen molar-refractivity contribution >= 4 is 22.3 Å². The molecule has 0 unspecified atom stereocenters. The monoisotopic (exact) mass is 407 g/mol. The van der Waals surface area contributed by atoms with Gasteiger partial charge < -0.3 is 9.29 Å². The van der Waals surface area contributed by atoms with Crippen LogP contribution in [-0.4, -0.2) is 39.7 Å². The largest absolute Gasteiger partial charge is 0.593 e. The molecule has 2 aliphatic rings. The molecule has 29 heavy (non-hydrogen) atoms. The van der Waals surface area contributed by atoms with Gasteiger partial charge in [-0.3, -0.25) is 9.88 Å². The van der Waals surface area contributed by atoms with E-state index in [0.717, 1.165) is 47.6 Å². The van der Waals surface area contributed by atoms with Crippen LogP contribution in [0.1, 0.15) is 24.8 Å². The van der Waals surface area contributed by atoms with Gasteiger partial charge in [0.2, 0.25) is 0 Å². The predicted octanol–water partition coefficient (Wildman–Crippen LogP) is 3.66. The zero-order valence-electron chi connectivity index (χ0n) is 16.3. The van der Waals surface area contributed by atoms with E-state index in [4.69, 9.17) is 4.74 Å². The van der Waals surface area contributed by atoms with Crippen LogP contribution in [0.2, 0.25) is 0 Å². The van der Waals surface area contributed by atoms with E-state index in [9.17, 15) is 4.55 Å². The zero-order chi connectivity index (χ0) is 19.6. The van der Waals surface area contributed by atoms with Crippen molar-refractivity contribution in [2.75, 3.05) is 13.1 Å². The lowest BCUT2D eigenvalue weighted by atomic mass is 10.2. The van der Waals surface area contributed by atoms with Gasteiger partial charge in [0.15, 0.2) is 4.90 Å². The Labute approximate surface area is 174 Å². The summed E-state index contributed by atoms with van der Waals surface area (Å²) in [5, 5.41) is 1.02. The third kappa shape index (κ3) is 4.56. The van der Waals surface area contributed by atoms with Gasteiger partial charge in [0.25, 0.3) is 0 Å². The van der Waals surface area contributed by atoms with Crippen LogP contribution in [0, 0.1) is 0 Å². The first-order chi connectivity index (χ1) is 14.2. The van der Waals surface area contributed by atoms with Crippen molar-refractivity contribution in [2.45, 2.75) is 42.8 Å². The highest BCUT2D eigenvalue weighted by Crippen LogP contribution is 2.27. The Bertz CT molecular complexity index is 972. The molecule has 150 valence electrons. The lowest BCUT2D eigenvalue weighted by Crippen LogP contribution is -2.37. The Morgan fingerprint density at radius 1 is 1.07 bits per heavy atom. The van der Waals surface area contributed by atoms with Crippen LogP contribution in [0.25, 0.3) is 10.9 Å². The van der Waals surface area contributed by atoms with E-state index in [1.807, 2.05) is 30.3 Å². The molecule has 0 amide bonds. The van der Waals surface area contributed by atoms with Crippen LogP contribution in [-0.2, 0) is 17.9 Å². The molecule has 1 saturated carbocycles. The topological polar surface area (TPSA) is 60.5 Å². The first kappa shape index (κ1) is 18.9. The average molecular weight is 408 g/mol. The average Bonchev–Trinajstić information content (AvgIpc) is 3.46. The van der Waals surface area contributed by atoms with Gasteiger partial charge in [-0.25, -0.2) is 0 Å². The van der Waals surface area contributed by atoms with Gasteiger partial charge in [-0.15, -0.1) is 4.72 Å². The number of para-hydroxylation sites is 1. The van der Waals surface area contributed by atoms with E-state index in [0.29, 0.717) is 6.10 Å². The molecule has 1 aromatic heterocycles. The maximum Gasteiger partial charge on any atom is 0.200 e. The molecule has 1 N–H and O–H groups in total. The number of likely N-dealkylation sites (tertiary alicyclic amines) is 1. The molecule has 1 saturated heterocycles. The van der Waals surface area contributed by atoms with Gasteiger partial charge >= 0.3 is 0 Å². The summed E-state index contributed by atoms with van der Waals surface area (Å²) in [5.41, 5.74) is 2.09. The molecule has 0 radical (unpaired) electrons. The third-order valence-corrected chi connectivity index (χ3v) is 6.77. The molecule has 2 aromatic carbocycles. The number of hydrogen-bond donors (Lipinski definition) is 1. The Morgan fingerprint density at radius 2 is 1.90 bits per heavy atom. The van der Waals surface area contributed by atoms with Crippen molar-refractivity contribution in [3.63, 3.8) is 0 Å². The molecule has 2 heterocycles. The number of nitrogens with zero attached hydrogens (tertiary/aromatic N) is 2. The summed E-state index contributed by atoms with van der Waals surface area (Å²) in [6.45, 7) is 2.80. The van der Waals surface area contributed by atoms with Crippen molar-refractivity contribution < 1.29 is 9.29 Å². The van der Waals surface area contributed by atoms with Crippen molar-refractivity contribution in [1.29, 1.82) is 0 Å². The summed E-state index contributed by atoms with van der Waals surface area (Å²) in [6, 6.07) is 18.4. The van der Waals surface area contributed by atoms with E-state index in [-0.39, 0.29) is 6.04 Å². The molecule has 5 rings (SSSR count). The van der Waals surface area contributed by atoms with Crippen molar-refractivity contribution in [3.8, 4) is 5.75 Å². The highest BCUT2D eigenvalue weighted by atomic mass is 32.2. The van der Waals surface area contributed by atoms with E-state index >= 15 is 0 Å². The number of aromatic nitrogens is 1. The third-order valence-electron chi connectivity index (χ3n) is 5.50. The number of rotatable bonds is 7. The minimum Gasteiger partial charge on any atom is -0.593 e. The van der Waals surface area contributed by atoms with Gasteiger partial charge in [0, 0.05) is 31.2 Å². The van der Waals surface area contributed by atoms with Gasteiger partial charge in [0.1, 0.15) is 11.3 Å². The molecule has 1 aliphatic carbocycles. The maximum atomic E-state index is 12.9. The fourth-order valence-corrected chi connectivity index (χ4v) is 4.99. The molecule has 0 bridgehead atoms. The second kappa shape index (κ2) is 8.32. The number of hydrogen-bond acceptors (Lipinski definition) is 5. The molecule has 1 aliphatic heterocycles. The summed E-state index contributed by atoms with van der Waals surface area (Å²) in [7, 11) is 0. The summed E-state index contributed by atoms with van der Waals surface area (Å²) in [6.07, 6.45) is 5.54. The van der Waals surface area contributed by atoms with E-state index < -0.39 is 11.4 Å². The van der Waals surface area contributed by atoms with Gasteiger partial charge in [0.05, 0.1) is 23.5 Å². The first-order valence-corrected chi connectivity index (χ1v) is 11.4. The number of benzene rings is 2. The normalized spacial score (nSPS) is 20.8. The summed E-state index contributed by atoms with van der Waals surface area (Å²) < 4.78 is 22.1. The van der Waals surface area contributed by atoms with Crippen molar-refractivity contribution in [3.05, 3.63) is 66.4 Å². The number of ether oxygens (including phenoxy) is 1. The fraction of sp³-hybridized carbons (Fsp3) is 0.348. The van der Waals surface area contributed by atoms with Crippen LogP contribution in [0.15, 0.2) is 65.7 Å². The Morgan fingerprint density at radius 3 is 2.72 bits per heavy atom. The van der Waals surface area contributed by atoms with Crippen molar-refractivity contribution in [1.82, 2.24) is 14.6 Å². The highest BCUT2D eigenvalue weighted by molar-refractivity contribution is 7.89. The maximum absolute atomic E-state index is 12.9. The van der Waals surface area contributed by atoms with Crippen LogP contribution in [0.5, 0.6) is 5.75 Å². The summed E-state index contributed by atoms with van der Waals surface area (Å²) >= 11 is -1.27. The van der Waals surface area contributed by atoms with E-state index in [2.05, 4.69) is 38.9 Å². The Hall–Kier alpha value is -2.12. The van der Waals surface area contributed by atoms with Gasteiger partial charge in [-0.05, 0) is 49.1 Å². The molecule has 2 atom stereocenters. The SMILES string of the molecule is [O-][S@+](N[C@@H]1CCN(Cc2ccc(OC3CC3)cc2)C1)c1cccc2cccnc12. The number of nitrogens with one attached hydrogen (secondary N) is 1. The fourth-order valence-electron chi connectivity index (χ4n) is 3.82. The Kier molecular flexibility index (Phi) is 5.42. The zero-order valence-corrected chi connectivity index (χ0v) is 17.1. The van der Waals surface area contributed by atoms with Gasteiger partial charge in [-0.2, -0.15) is 0 Å². The Balaban J connectivity index is 1.17. The summed E-state index contributed by atoms with van der Waals surface area (Å²) in [5.74, 6) is 0.969. The summed E-state index contributed by atoms with van der Waals surface area (Å²) in [4.78, 5) is 7.59. The lowest BCUT2D eigenvalue weighted by Gasteiger charge is -2.18. The minimum absolute atomic E-state index is 0.215. The predicted molar refractivity (Wildman–Crippen MR) is 115 cm³/mol. The standard InChI is InChI=1S/C23H25N3O2S/c27-29(22-5-1-3-18-4-2-13-24-23(18)22)25-19-12-14-26(16-19)15-17-6-8-20(9-7-17)28-21-10-11-21/h1-9,13,19,21,25H,10-12,14-16H2/t19-,29+/m1/s1. The molecule has 0 spiro atoms. The van der Waals surface area contributed by atoms with Crippen molar-refractivity contribution in [2.24, 2.45) is 0 Å². The number of pyridine rings is 1. The molecule has 6 heteroatoms. The van der Waals surface area contributed by atoms with E-state index in [1.165, 1.54) is 18.4 Å². The van der Waals surface area contributed by atoms with E-state index in [1.54, 1.807) is 6.20 Å². The highest BCUT2D eigenvalue weighted by Gasteiger charge is 2.28. The van der Waals surface area contributed by atoms with Crippen LogP contribution < -0.4 is 9.46 Å². The second-order valence-corrected chi connectivity index (χ2v) is 9.11. The van der Waals surface area contributed by atoms with Gasteiger partial charge in [-0.1, -0.05) is 30.3 Å². The molecule has 3 aromatic rings. The molecular formula is C23H25N3O2S. The van der Waals surface area contributed by atoms with Crippen LogP contribution >= 0.6 is 0 Å². The number of fused-ring (bicyclic) bond motifs is 1. The lowest BCUT2D eigenvalue weighted by molar-refractivity contribution is 0.302. The second-order valence-electron chi connectivity index (χ2n) is 7.90. The van der Waals surface area contributed by atoms with Crippen LogP contribution in [0.3, 0.4) is 0 Å².